The van der Waals surface area contributed by atoms with Crippen LogP contribution in [0.25, 0.3) is 0 Å². The molecule has 9 heteroatoms. The molecule has 0 radical (unpaired) electrons. The summed E-state index contributed by atoms with van der Waals surface area (Å²) >= 11 is 5.88. The van der Waals surface area contributed by atoms with Gasteiger partial charge in [-0.25, -0.2) is 8.42 Å². The highest BCUT2D eigenvalue weighted by Crippen LogP contribution is 2.22. The molecule has 1 aliphatic heterocycles. The Morgan fingerprint density at radius 3 is 2.36 bits per heavy atom. The van der Waals surface area contributed by atoms with E-state index in [1.165, 1.54) is 6.26 Å². The number of benzene rings is 2. The minimum Gasteiger partial charge on any atom is -0.492 e. The molecule has 1 aliphatic rings. The number of rotatable bonds is 8. The molecule has 3 aromatic rings. The molecule has 1 amide bonds. The van der Waals surface area contributed by atoms with Crippen LogP contribution in [0.1, 0.15) is 16.1 Å². The van der Waals surface area contributed by atoms with Crippen LogP contribution in [0.3, 0.4) is 0 Å². The molecule has 0 atom stereocenters. The van der Waals surface area contributed by atoms with Crippen LogP contribution in [0.4, 0.5) is 0 Å². The summed E-state index contributed by atoms with van der Waals surface area (Å²) < 4.78 is 36.6. The van der Waals surface area contributed by atoms with Crippen molar-refractivity contribution in [2.75, 3.05) is 39.3 Å². The quantitative estimate of drug-likeness (QED) is 0.480. The van der Waals surface area contributed by atoms with Crippen molar-refractivity contribution in [3.63, 3.8) is 0 Å². The zero-order valence-electron chi connectivity index (χ0n) is 18.0. The Balaban J connectivity index is 1.29. The summed E-state index contributed by atoms with van der Waals surface area (Å²) in [6.07, 6.45) is 1.37. The normalized spacial score (nSPS) is 14.9. The Morgan fingerprint density at radius 1 is 0.970 bits per heavy atom. The number of halogens is 1. The summed E-state index contributed by atoms with van der Waals surface area (Å²) in [4.78, 5) is 17.2. The largest absolute Gasteiger partial charge is 0.492 e. The molecule has 1 fully saturated rings. The lowest BCUT2D eigenvalue weighted by atomic mass is 10.2. The zero-order valence-corrected chi connectivity index (χ0v) is 19.6. The SMILES string of the molecule is O=C(c1occc1CS(=O)(=O)c1ccccc1)N1CCN(CCOc2ccc(Cl)cc2)CC1. The second-order valence-corrected chi connectivity index (χ2v) is 10.2. The van der Waals surface area contributed by atoms with Gasteiger partial charge >= 0.3 is 0 Å². The van der Waals surface area contributed by atoms with Gasteiger partial charge in [-0.15, -0.1) is 0 Å². The number of carbonyl (C=O) groups excluding carboxylic acids is 1. The van der Waals surface area contributed by atoms with Crippen LogP contribution in [0.2, 0.25) is 5.02 Å². The maximum Gasteiger partial charge on any atom is 0.289 e. The molecule has 0 spiro atoms. The smallest absolute Gasteiger partial charge is 0.289 e. The first-order valence-electron chi connectivity index (χ1n) is 10.7. The average molecular weight is 489 g/mol. The van der Waals surface area contributed by atoms with Crippen molar-refractivity contribution in [2.24, 2.45) is 0 Å². The van der Waals surface area contributed by atoms with Gasteiger partial charge in [0.15, 0.2) is 15.6 Å². The van der Waals surface area contributed by atoms with Crippen molar-refractivity contribution in [2.45, 2.75) is 10.6 Å². The van der Waals surface area contributed by atoms with Gasteiger partial charge in [-0.1, -0.05) is 29.8 Å². The molecular formula is C24H25ClN2O5S. The number of amides is 1. The Bertz CT molecular complexity index is 1170. The van der Waals surface area contributed by atoms with Gasteiger partial charge in [0.1, 0.15) is 12.4 Å². The third kappa shape index (κ3) is 5.96. The highest BCUT2D eigenvalue weighted by molar-refractivity contribution is 7.90. The number of sulfone groups is 1. The summed E-state index contributed by atoms with van der Waals surface area (Å²) in [5.74, 6) is 0.296. The first-order valence-corrected chi connectivity index (χ1v) is 12.7. The second-order valence-electron chi connectivity index (χ2n) is 7.78. The van der Waals surface area contributed by atoms with Crippen LogP contribution in [0.15, 0.2) is 76.2 Å². The predicted molar refractivity (Wildman–Crippen MR) is 125 cm³/mol. The van der Waals surface area contributed by atoms with Gasteiger partial charge in [0, 0.05) is 43.3 Å². The molecule has 174 valence electrons. The monoisotopic (exact) mass is 488 g/mol. The van der Waals surface area contributed by atoms with E-state index in [1.807, 2.05) is 12.1 Å². The summed E-state index contributed by atoms with van der Waals surface area (Å²) in [6.45, 7) is 3.75. The van der Waals surface area contributed by atoms with E-state index in [4.69, 9.17) is 20.8 Å². The number of furan rings is 1. The van der Waals surface area contributed by atoms with Crippen molar-refractivity contribution < 1.29 is 22.4 Å². The Labute approximate surface area is 198 Å². The van der Waals surface area contributed by atoms with E-state index in [-0.39, 0.29) is 22.3 Å². The third-order valence-electron chi connectivity index (χ3n) is 5.54. The van der Waals surface area contributed by atoms with Gasteiger partial charge in [-0.2, -0.15) is 0 Å². The van der Waals surface area contributed by atoms with Crippen molar-refractivity contribution in [1.29, 1.82) is 0 Å². The summed E-state index contributed by atoms with van der Waals surface area (Å²) in [7, 11) is -3.57. The Morgan fingerprint density at radius 2 is 1.67 bits per heavy atom. The first kappa shape index (κ1) is 23.4. The lowest BCUT2D eigenvalue weighted by molar-refractivity contribution is 0.0589. The fraction of sp³-hybridized carbons (Fsp3) is 0.292. The fourth-order valence-corrected chi connectivity index (χ4v) is 5.20. The van der Waals surface area contributed by atoms with Crippen LogP contribution >= 0.6 is 11.6 Å². The van der Waals surface area contributed by atoms with Gasteiger partial charge < -0.3 is 14.1 Å². The molecule has 0 saturated carbocycles. The van der Waals surface area contributed by atoms with E-state index in [2.05, 4.69) is 4.90 Å². The van der Waals surface area contributed by atoms with Crippen LogP contribution < -0.4 is 4.74 Å². The molecular weight excluding hydrogens is 464 g/mol. The second kappa shape index (κ2) is 10.4. The fourth-order valence-electron chi connectivity index (χ4n) is 3.69. The summed E-state index contributed by atoms with van der Waals surface area (Å²) in [5, 5.41) is 0.667. The molecule has 0 aliphatic carbocycles. The zero-order chi connectivity index (χ0) is 23.3. The molecule has 2 heterocycles. The van der Waals surface area contributed by atoms with Crippen LogP contribution in [-0.2, 0) is 15.6 Å². The lowest BCUT2D eigenvalue weighted by Gasteiger charge is -2.34. The van der Waals surface area contributed by atoms with E-state index < -0.39 is 9.84 Å². The number of piperazine rings is 1. The predicted octanol–water partition coefficient (Wildman–Crippen LogP) is 3.74. The molecule has 0 bridgehead atoms. The van der Waals surface area contributed by atoms with Gasteiger partial charge in [0.05, 0.1) is 16.9 Å². The minimum absolute atomic E-state index is 0.0917. The van der Waals surface area contributed by atoms with Crippen molar-refractivity contribution >= 4 is 27.3 Å². The number of hydrogen-bond donors (Lipinski definition) is 0. The van der Waals surface area contributed by atoms with Gasteiger partial charge in [-0.3, -0.25) is 9.69 Å². The minimum atomic E-state index is -3.57. The Kier molecular flexibility index (Phi) is 7.37. The Hall–Kier alpha value is -2.81. The van der Waals surface area contributed by atoms with E-state index >= 15 is 0 Å². The summed E-state index contributed by atoms with van der Waals surface area (Å²) in [6, 6.07) is 17.0. The lowest BCUT2D eigenvalue weighted by Crippen LogP contribution is -2.49. The maximum atomic E-state index is 13.0. The van der Waals surface area contributed by atoms with Gasteiger partial charge in [0.2, 0.25) is 0 Å². The molecule has 0 unspecified atom stereocenters. The molecule has 1 saturated heterocycles. The van der Waals surface area contributed by atoms with Crippen LogP contribution in [0, 0.1) is 0 Å². The van der Waals surface area contributed by atoms with Crippen LogP contribution in [-0.4, -0.2) is 63.5 Å². The highest BCUT2D eigenvalue weighted by atomic mass is 35.5. The average Bonchev–Trinajstić information content (AvgIpc) is 3.28. The number of nitrogens with zero attached hydrogens (tertiary/aromatic N) is 2. The number of hydrogen-bond acceptors (Lipinski definition) is 6. The topological polar surface area (TPSA) is 80.1 Å². The van der Waals surface area contributed by atoms with E-state index in [9.17, 15) is 13.2 Å². The van der Waals surface area contributed by atoms with Crippen molar-refractivity contribution in [3.8, 4) is 5.75 Å². The number of carbonyl (C=O) groups is 1. The van der Waals surface area contributed by atoms with Crippen LogP contribution in [0.5, 0.6) is 5.75 Å². The molecule has 0 N–H and O–H groups in total. The highest BCUT2D eigenvalue weighted by Gasteiger charge is 2.28. The molecule has 1 aromatic heterocycles. The molecule has 33 heavy (non-hydrogen) atoms. The van der Waals surface area contributed by atoms with E-state index in [1.54, 1.807) is 53.4 Å². The van der Waals surface area contributed by atoms with Crippen molar-refractivity contribution in [3.05, 3.63) is 83.3 Å². The summed E-state index contributed by atoms with van der Waals surface area (Å²) in [5.41, 5.74) is 0.377. The van der Waals surface area contributed by atoms with Gasteiger partial charge in [-0.05, 0) is 42.5 Å². The molecule has 7 nitrogen and oxygen atoms in total. The first-order chi connectivity index (χ1) is 15.9. The van der Waals surface area contributed by atoms with E-state index in [0.29, 0.717) is 43.4 Å². The van der Waals surface area contributed by atoms with Gasteiger partial charge in [0.25, 0.3) is 5.91 Å². The number of ether oxygens (including phenoxy) is 1. The molecule has 4 rings (SSSR count). The third-order valence-corrected chi connectivity index (χ3v) is 7.47. The maximum absolute atomic E-state index is 13.0. The molecule has 2 aromatic carbocycles. The van der Waals surface area contributed by atoms with Crippen molar-refractivity contribution in [1.82, 2.24) is 9.80 Å². The standard InChI is InChI=1S/C24H25ClN2O5S/c25-20-6-8-21(9-7-20)31-17-15-26-11-13-27(14-12-26)24(28)23-19(10-16-32-23)18-33(29,30)22-4-2-1-3-5-22/h1-10,16H,11-15,17-18H2. The van der Waals surface area contributed by atoms with E-state index in [0.717, 1.165) is 12.3 Å².